The van der Waals surface area contributed by atoms with E-state index in [2.05, 4.69) is 9.24 Å². The van der Waals surface area contributed by atoms with E-state index < -0.39 is 0 Å². The number of nitrogens with two attached hydrogens (primary N) is 1. The molecule has 0 saturated heterocycles. The Morgan fingerprint density at radius 1 is 1.00 bits per heavy atom. The van der Waals surface area contributed by atoms with E-state index >= 15 is 0 Å². The summed E-state index contributed by atoms with van der Waals surface area (Å²) in [5.74, 6) is -0.159. The van der Waals surface area contributed by atoms with Crippen LogP contribution in [0.5, 0.6) is 11.5 Å². The first-order valence-electron chi connectivity index (χ1n) is 4.86. The van der Waals surface area contributed by atoms with E-state index in [0.717, 1.165) is 10.9 Å². The molecule has 5 heteroatoms. The lowest BCUT2D eigenvalue weighted by Gasteiger charge is -2.10. The zero-order chi connectivity index (χ0) is 12.6. The largest absolute Gasteiger partial charge is 0.507 e. The molecule has 1 atom stereocenters. The first-order valence-corrected chi connectivity index (χ1v) is 5.81. The molecule has 0 bridgehead atoms. The predicted octanol–water partition coefficient (Wildman–Crippen LogP) is 2.50. The number of anilines is 1. The summed E-state index contributed by atoms with van der Waals surface area (Å²) in [6.45, 7) is 0. The predicted molar refractivity (Wildman–Crippen MR) is 74.0 cm³/mol. The second-order valence-corrected chi connectivity index (χ2v) is 4.72. The maximum atomic E-state index is 9.81. The molecular formula is C12H11ClNO2P. The van der Waals surface area contributed by atoms with Gasteiger partial charge in [0.15, 0.2) is 0 Å². The number of benzene rings is 2. The molecule has 0 radical (unpaired) electrons. The van der Waals surface area contributed by atoms with Crippen LogP contribution in [0.25, 0.3) is 11.1 Å². The number of rotatable bonds is 1. The second kappa shape index (κ2) is 4.44. The molecule has 0 aliphatic rings. The third-order valence-electron chi connectivity index (χ3n) is 2.45. The van der Waals surface area contributed by atoms with Gasteiger partial charge < -0.3 is 15.9 Å². The number of halogens is 1. The molecule has 2 aromatic rings. The Balaban J connectivity index is 2.64. The van der Waals surface area contributed by atoms with Crippen molar-refractivity contribution in [1.82, 2.24) is 0 Å². The van der Waals surface area contributed by atoms with Crippen molar-refractivity contribution in [3.05, 3.63) is 35.4 Å². The zero-order valence-electron chi connectivity index (χ0n) is 8.81. The van der Waals surface area contributed by atoms with Gasteiger partial charge in [0, 0.05) is 16.7 Å². The van der Waals surface area contributed by atoms with E-state index in [1.165, 1.54) is 12.1 Å². The van der Waals surface area contributed by atoms with Crippen LogP contribution in [0.15, 0.2) is 30.3 Å². The summed E-state index contributed by atoms with van der Waals surface area (Å²) in [5, 5.41) is 20.6. The van der Waals surface area contributed by atoms with Crippen LogP contribution in [0.1, 0.15) is 0 Å². The zero-order valence-corrected chi connectivity index (χ0v) is 10.7. The Labute approximate surface area is 106 Å². The van der Waals surface area contributed by atoms with Gasteiger partial charge in [-0.2, -0.15) is 0 Å². The van der Waals surface area contributed by atoms with Crippen LogP contribution in [-0.2, 0) is 0 Å². The quantitative estimate of drug-likeness (QED) is 0.322. The van der Waals surface area contributed by atoms with E-state index in [-0.39, 0.29) is 17.2 Å². The van der Waals surface area contributed by atoms with E-state index in [9.17, 15) is 10.2 Å². The minimum atomic E-state index is -0.134. The highest BCUT2D eigenvalue weighted by Gasteiger charge is 2.10. The lowest BCUT2D eigenvalue weighted by molar-refractivity contribution is 0.453. The Morgan fingerprint density at radius 3 is 2.35 bits per heavy atom. The summed E-state index contributed by atoms with van der Waals surface area (Å²) in [5.41, 5.74) is 7.18. The lowest BCUT2D eigenvalue weighted by atomic mass is 10.0. The maximum Gasteiger partial charge on any atom is 0.142 e. The molecule has 1 unspecified atom stereocenters. The number of hydrogen-bond acceptors (Lipinski definition) is 3. The molecule has 2 rings (SSSR count). The van der Waals surface area contributed by atoms with Crippen molar-refractivity contribution in [2.24, 2.45) is 0 Å². The van der Waals surface area contributed by atoms with Gasteiger partial charge in [-0.1, -0.05) is 17.7 Å². The Bertz CT molecular complexity index is 587. The fourth-order valence-corrected chi connectivity index (χ4v) is 2.31. The number of phenolic OH excluding ortho intramolecular Hbond substituents is 2. The molecule has 0 aliphatic carbocycles. The van der Waals surface area contributed by atoms with Crippen LogP contribution >= 0.6 is 20.8 Å². The van der Waals surface area contributed by atoms with Gasteiger partial charge in [0.25, 0.3) is 0 Å². The average Bonchev–Trinajstić information content (AvgIpc) is 2.24. The fraction of sp³-hybridized carbons (Fsp3) is 0. The van der Waals surface area contributed by atoms with Crippen LogP contribution in [0, 0.1) is 0 Å². The molecule has 0 aliphatic heterocycles. The van der Waals surface area contributed by atoms with Crippen molar-refractivity contribution in [1.29, 1.82) is 0 Å². The Morgan fingerprint density at radius 2 is 1.71 bits per heavy atom. The average molecular weight is 268 g/mol. The molecule has 0 heterocycles. The molecular weight excluding hydrogens is 257 g/mol. The minimum Gasteiger partial charge on any atom is -0.507 e. The third kappa shape index (κ3) is 2.31. The van der Waals surface area contributed by atoms with Crippen molar-refractivity contribution >= 4 is 31.8 Å². The second-order valence-electron chi connectivity index (χ2n) is 3.66. The van der Waals surface area contributed by atoms with Gasteiger partial charge in [0.1, 0.15) is 11.5 Å². The maximum absolute atomic E-state index is 9.81. The third-order valence-corrected chi connectivity index (χ3v) is 3.16. The number of nitrogen functional groups attached to an aromatic ring is 1. The molecule has 0 fully saturated rings. The van der Waals surface area contributed by atoms with Crippen LogP contribution in [0.4, 0.5) is 5.69 Å². The van der Waals surface area contributed by atoms with Crippen molar-refractivity contribution < 1.29 is 10.2 Å². The Hall–Kier alpha value is -1.44. The summed E-state index contributed by atoms with van der Waals surface area (Å²) in [6, 6.07) is 8.04. The summed E-state index contributed by atoms with van der Waals surface area (Å²) in [6.07, 6.45) is 0. The van der Waals surface area contributed by atoms with Gasteiger partial charge in [0.05, 0.1) is 5.69 Å². The summed E-state index contributed by atoms with van der Waals surface area (Å²) in [4.78, 5) is 0. The van der Waals surface area contributed by atoms with Crippen LogP contribution < -0.4 is 11.0 Å². The molecule has 0 saturated carbocycles. The van der Waals surface area contributed by atoms with E-state index in [0.29, 0.717) is 10.6 Å². The summed E-state index contributed by atoms with van der Waals surface area (Å²) >= 11 is 5.86. The molecule has 0 aromatic heterocycles. The van der Waals surface area contributed by atoms with Crippen LogP contribution in [0.3, 0.4) is 0 Å². The topological polar surface area (TPSA) is 66.5 Å². The van der Waals surface area contributed by atoms with Gasteiger partial charge in [-0.15, -0.1) is 9.24 Å². The normalized spacial score (nSPS) is 10.5. The first-order chi connectivity index (χ1) is 7.99. The van der Waals surface area contributed by atoms with Crippen molar-refractivity contribution in [3.8, 4) is 22.6 Å². The lowest BCUT2D eigenvalue weighted by Crippen LogP contribution is -1.97. The number of hydrogen-bond donors (Lipinski definition) is 3. The van der Waals surface area contributed by atoms with Gasteiger partial charge in [-0.25, -0.2) is 0 Å². The molecule has 4 N–H and O–H groups in total. The van der Waals surface area contributed by atoms with Crippen LogP contribution in [-0.4, -0.2) is 10.2 Å². The van der Waals surface area contributed by atoms with Gasteiger partial charge >= 0.3 is 0 Å². The molecule has 17 heavy (non-hydrogen) atoms. The van der Waals surface area contributed by atoms with Gasteiger partial charge in [-0.3, -0.25) is 0 Å². The highest BCUT2D eigenvalue weighted by Crippen LogP contribution is 2.36. The van der Waals surface area contributed by atoms with Crippen LogP contribution in [0.2, 0.25) is 5.02 Å². The summed E-state index contributed by atoms with van der Waals surface area (Å²) in [7, 11) is 2.55. The minimum absolute atomic E-state index is 0.0253. The van der Waals surface area contributed by atoms with E-state index in [4.69, 9.17) is 17.3 Å². The first kappa shape index (κ1) is 12.0. The molecule has 3 nitrogen and oxygen atoms in total. The van der Waals surface area contributed by atoms with Gasteiger partial charge in [0.2, 0.25) is 0 Å². The van der Waals surface area contributed by atoms with Crippen molar-refractivity contribution in [2.75, 3.05) is 5.73 Å². The SMILES string of the molecule is Nc1cc(-c2ccc(Cl)cc2P)c(O)cc1O. The van der Waals surface area contributed by atoms with E-state index in [1.807, 2.05) is 0 Å². The van der Waals surface area contributed by atoms with E-state index in [1.54, 1.807) is 18.2 Å². The summed E-state index contributed by atoms with van der Waals surface area (Å²) < 4.78 is 0. The highest BCUT2D eigenvalue weighted by molar-refractivity contribution is 7.28. The molecule has 0 spiro atoms. The van der Waals surface area contributed by atoms with Gasteiger partial charge in [-0.05, 0) is 29.1 Å². The highest BCUT2D eigenvalue weighted by atomic mass is 35.5. The molecule has 88 valence electrons. The van der Waals surface area contributed by atoms with Crippen molar-refractivity contribution in [3.63, 3.8) is 0 Å². The standard InChI is InChI=1S/C12H11ClNO2P/c13-6-1-2-7(12(17)3-6)8-4-9(14)11(16)5-10(8)15/h1-5,15-16H,14,17H2. The Kier molecular flexibility index (Phi) is 3.14. The molecule has 2 aromatic carbocycles. The smallest absolute Gasteiger partial charge is 0.142 e. The monoisotopic (exact) mass is 267 g/mol. The number of phenols is 2. The van der Waals surface area contributed by atoms with Crippen molar-refractivity contribution in [2.45, 2.75) is 0 Å². The number of aromatic hydroxyl groups is 2. The fourth-order valence-electron chi connectivity index (χ4n) is 1.59. The molecule has 0 amide bonds.